The minimum absolute atomic E-state index is 0.0659. The number of aromatic carboxylic acids is 1. The van der Waals surface area contributed by atoms with Crippen LogP contribution in [0.15, 0.2) is 30.3 Å². The van der Waals surface area contributed by atoms with Crippen LogP contribution in [0.5, 0.6) is 0 Å². The van der Waals surface area contributed by atoms with Gasteiger partial charge in [-0.05, 0) is 38.0 Å². The van der Waals surface area contributed by atoms with Gasteiger partial charge in [0, 0.05) is 23.7 Å². The number of benzene rings is 1. The van der Waals surface area contributed by atoms with E-state index in [1.807, 2.05) is 19.1 Å². The van der Waals surface area contributed by atoms with Gasteiger partial charge in [-0.15, -0.1) is 0 Å². The maximum Gasteiger partial charge on any atom is 0.354 e. The third-order valence-electron chi connectivity index (χ3n) is 3.69. The van der Waals surface area contributed by atoms with Crippen LogP contribution in [0.3, 0.4) is 0 Å². The Morgan fingerprint density at radius 1 is 1.32 bits per heavy atom. The van der Waals surface area contributed by atoms with E-state index in [1.165, 1.54) is 4.68 Å². The number of aryl methyl sites for hydroxylation is 1. The lowest BCUT2D eigenvalue weighted by atomic mass is 10.1. The quantitative estimate of drug-likeness (QED) is 0.889. The Kier molecular flexibility index (Phi) is 3.66. The number of rotatable bonds is 5. The molecule has 2 aromatic rings. The molecule has 6 nitrogen and oxygen atoms in total. The summed E-state index contributed by atoms with van der Waals surface area (Å²) in [7, 11) is 0. The van der Waals surface area contributed by atoms with Crippen LogP contribution in [0, 0.1) is 5.92 Å². The highest BCUT2D eigenvalue weighted by atomic mass is 16.4. The molecule has 0 aliphatic heterocycles. The summed E-state index contributed by atoms with van der Waals surface area (Å²) in [6.45, 7) is 2.34. The van der Waals surface area contributed by atoms with Gasteiger partial charge in [0.25, 0.3) is 0 Å². The van der Waals surface area contributed by atoms with Crippen LogP contribution in [-0.4, -0.2) is 26.8 Å². The molecule has 1 aliphatic rings. The third kappa shape index (κ3) is 2.86. The summed E-state index contributed by atoms with van der Waals surface area (Å²) < 4.78 is 1.46. The Bertz CT molecular complexity index is 715. The van der Waals surface area contributed by atoms with Crippen molar-refractivity contribution in [3.8, 4) is 11.3 Å². The van der Waals surface area contributed by atoms with Crippen LogP contribution < -0.4 is 5.32 Å². The second-order valence-electron chi connectivity index (χ2n) is 5.38. The summed E-state index contributed by atoms with van der Waals surface area (Å²) in [6.07, 6.45) is 1.94. The number of nitrogens with one attached hydrogen (secondary N) is 1. The second-order valence-corrected chi connectivity index (χ2v) is 5.38. The summed E-state index contributed by atoms with van der Waals surface area (Å²) >= 11 is 0. The normalized spacial score (nSPS) is 13.9. The smallest absolute Gasteiger partial charge is 0.354 e. The van der Waals surface area contributed by atoms with Crippen LogP contribution >= 0.6 is 0 Å². The van der Waals surface area contributed by atoms with Gasteiger partial charge in [0.05, 0.1) is 5.69 Å². The maximum atomic E-state index is 11.7. The van der Waals surface area contributed by atoms with Crippen molar-refractivity contribution >= 4 is 17.6 Å². The molecule has 0 bridgehead atoms. The van der Waals surface area contributed by atoms with E-state index < -0.39 is 5.97 Å². The molecule has 6 heteroatoms. The number of amides is 1. The average Bonchev–Trinajstić information content (AvgIpc) is 3.27. The van der Waals surface area contributed by atoms with Crippen molar-refractivity contribution in [2.75, 3.05) is 5.32 Å². The third-order valence-corrected chi connectivity index (χ3v) is 3.69. The summed E-state index contributed by atoms with van der Waals surface area (Å²) in [5.74, 6) is -0.761. The molecule has 0 unspecified atom stereocenters. The predicted octanol–water partition coefficient (Wildman–Crippen LogP) is 2.62. The minimum Gasteiger partial charge on any atom is -0.477 e. The fraction of sp³-hybridized carbons (Fsp3) is 0.312. The van der Waals surface area contributed by atoms with Crippen molar-refractivity contribution < 1.29 is 14.7 Å². The van der Waals surface area contributed by atoms with E-state index in [4.69, 9.17) is 5.11 Å². The van der Waals surface area contributed by atoms with Crippen LogP contribution in [0.1, 0.15) is 30.3 Å². The van der Waals surface area contributed by atoms with Gasteiger partial charge >= 0.3 is 5.97 Å². The molecule has 0 atom stereocenters. The Morgan fingerprint density at radius 2 is 2.00 bits per heavy atom. The first kappa shape index (κ1) is 14.3. The lowest BCUT2D eigenvalue weighted by Crippen LogP contribution is -2.12. The van der Waals surface area contributed by atoms with Crippen LogP contribution in [0.2, 0.25) is 0 Å². The first-order valence-corrected chi connectivity index (χ1v) is 7.31. The van der Waals surface area contributed by atoms with E-state index in [2.05, 4.69) is 10.4 Å². The standard InChI is InChI=1S/C16H17N3O3/c1-2-19-14(16(21)22)9-13(18-19)10-5-7-12(8-6-10)17-15(20)11-3-4-11/h5-9,11H,2-4H2,1H3,(H,17,20)(H,21,22). The number of carboxylic acids is 1. The van der Waals surface area contributed by atoms with Gasteiger partial charge in [-0.1, -0.05) is 12.1 Å². The van der Waals surface area contributed by atoms with Gasteiger partial charge in [0.1, 0.15) is 5.69 Å². The summed E-state index contributed by atoms with van der Waals surface area (Å²) in [5, 5.41) is 16.3. The molecule has 2 N–H and O–H groups in total. The van der Waals surface area contributed by atoms with Gasteiger partial charge in [0.15, 0.2) is 0 Å². The zero-order valence-electron chi connectivity index (χ0n) is 12.2. The molecule has 3 rings (SSSR count). The number of nitrogens with zero attached hydrogens (tertiary/aromatic N) is 2. The highest BCUT2D eigenvalue weighted by molar-refractivity contribution is 5.94. The number of hydrogen-bond donors (Lipinski definition) is 2. The van der Waals surface area contributed by atoms with Crippen molar-refractivity contribution in [3.63, 3.8) is 0 Å². The van der Waals surface area contributed by atoms with Crippen molar-refractivity contribution in [2.24, 2.45) is 5.92 Å². The molecule has 1 aliphatic carbocycles. The minimum atomic E-state index is -0.992. The van der Waals surface area contributed by atoms with Gasteiger partial charge in [-0.25, -0.2) is 4.79 Å². The lowest BCUT2D eigenvalue weighted by molar-refractivity contribution is -0.117. The van der Waals surface area contributed by atoms with Crippen molar-refractivity contribution in [3.05, 3.63) is 36.0 Å². The van der Waals surface area contributed by atoms with E-state index in [1.54, 1.807) is 18.2 Å². The van der Waals surface area contributed by atoms with E-state index >= 15 is 0 Å². The first-order chi connectivity index (χ1) is 10.6. The molecular formula is C16H17N3O3. The zero-order valence-corrected chi connectivity index (χ0v) is 12.2. The Labute approximate surface area is 127 Å². The largest absolute Gasteiger partial charge is 0.477 e. The summed E-state index contributed by atoms with van der Waals surface area (Å²) in [4.78, 5) is 22.9. The first-order valence-electron chi connectivity index (χ1n) is 7.31. The zero-order chi connectivity index (χ0) is 15.7. The Morgan fingerprint density at radius 3 is 2.50 bits per heavy atom. The molecular weight excluding hydrogens is 282 g/mol. The molecule has 0 radical (unpaired) electrons. The Hall–Kier alpha value is -2.63. The van der Waals surface area contributed by atoms with Gasteiger partial charge in [0.2, 0.25) is 5.91 Å². The van der Waals surface area contributed by atoms with Gasteiger partial charge < -0.3 is 10.4 Å². The molecule has 114 valence electrons. The second kappa shape index (κ2) is 5.63. The highest BCUT2D eigenvalue weighted by Crippen LogP contribution is 2.30. The number of carbonyl (C=O) groups excluding carboxylic acids is 1. The molecule has 1 saturated carbocycles. The summed E-state index contributed by atoms with van der Waals surface area (Å²) in [6, 6.07) is 8.83. The van der Waals surface area contributed by atoms with Gasteiger partial charge in [-0.2, -0.15) is 5.10 Å². The number of aromatic nitrogens is 2. The van der Waals surface area contributed by atoms with E-state index in [0.29, 0.717) is 12.2 Å². The lowest BCUT2D eigenvalue weighted by Gasteiger charge is -2.04. The van der Waals surface area contributed by atoms with Crippen molar-refractivity contribution in [2.45, 2.75) is 26.3 Å². The number of hydrogen-bond acceptors (Lipinski definition) is 3. The van der Waals surface area contributed by atoms with Gasteiger partial charge in [-0.3, -0.25) is 9.48 Å². The molecule has 1 aromatic carbocycles. The number of anilines is 1. The molecule has 0 spiro atoms. The van der Waals surface area contributed by atoms with Crippen LogP contribution in [0.4, 0.5) is 5.69 Å². The highest BCUT2D eigenvalue weighted by Gasteiger charge is 2.29. The molecule has 1 heterocycles. The van der Waals surface area contributed by atoms with Crippen molar-refractivity contribution in [1.29, 1.82) is 0 Å². The van der Waals surface area contributed by atoms with E-state index in [9.17, 15) is 9.59 Å². The molecule has 1 fully saturated rings. The number of carboxylic acid groups (broad SMARTS) is 1. The maximum absolute atomic E-state index is 11.7. The topological polar surface area (TPSA) is 84.2 Å². The van der Waals surface area contributed by atoms with E-state index in [-0.39, 0.29) is 17.5 Å². The number of carbonyl (C=O) groups is 2. The fourth-order valence-electron chi connectivity index (χ4n) is 2.29. The average molecular weight is 299 g/mol. The molecule has 0 saturated heterocycles. The molecule has 1 aromatic heterocycles. The fourth-order valence-corrected chi connectivity index (χ4v) is 2.29. The van der Waals surface area contributed by atoms with E-state index in [0.717, 1.165) is 24.1 Å². The molecule has 1 amide bonds. The van der Waals surface area contributed by atoms with Crippen LogP contribution in [0.25, 0.3) is 11.3 Å². The summed E-state index contributed by atoms with van der Waals surface area (Å²) in [5.41, 5.74) is 2.34. The Balaban J connectivity index is 1.80. The monoisotopic (exact) mass is 299 g/mol. The van der Waals surface area contributed by atoms with Crippen LogP contribution in [-0.2, 0) is 11.3 Å². The SMILES string of the molecule is CCn1nc(-c2ccc(NC(=O)C3CC3)cc2)cc1C(=O)O. The van der Waals surface area contributed by atoms with Crippen molar-refractivity contribution in [1.82, 2.24) is 9.78 Å². The molecule has 22 heavy (non-hydrogen) atoms. The predicted molar refractivity (Wildman–Crippen MR) is 81.7 cm³/mol.